The fourth-order valence-electron chi connectivity index (χ4n) is 3.00. The molecule has 0 radical (unpaired) electrons. The van der Waals surface area contributed by atoms with Gasteiger partial charge in [-0.25, -0.2) is 4.98 Å². The highest BCUT2D eigenvalue weighted by atomic mass is 16.5. The maximum atomic E-state index is 5.21. The molecule has 1 atom stereocenters. The van der Waals surface area contributed by atoms with Gasteiger partial charge in [0.15, 0.2) is 0 Å². The summed E-state index contributed by atoms with van der Waals surface area (Å²) >= 11 is 0. The first-order valence-electron chi connectivity index (χ1n) is 7.39. The minimum Gasteiger partial charge on any atom is -0.481 e. The van der Waals surface area contributed by atoms with Gasteiger partial charge in [-0.3, -0.25) is 0 Å². The third-order valence-electron chi connectivity index (χ3n) is 4.02. The summed E-state index contributed by atoms with van der Waals surface area (Å²) in [5, 5.41) is 3.58. The molecule has 1 aliphatic rings. The van der Waals surface area contributed by atoms with E-state index < -0.39 is 0 Å². The molecule has 1 aliphatic carbocycles. The highest BCUT2D eigenvalue weighted by Crippen LogP contribution is 2.29. The van der Waals surface area contributed by atoms with Gasteiger partial charge in [0, 0.05) is 12.1 Å². The van der Waals surface area contributed by atoms with E-state index in [1.54, 1.807) is 7.11 Å². The van der Waals surface area contributed by atoms with E-state index in [-0.39, 0.29) is 0 Å². The molecule has 106 valence electrons. The van der Waals surface area contributed by atoms with Crippen LogP contribution in [0.15, 0.2) is 6.07 Å². The summed E-state index contributed by atoms with van der Waals surface area (Å²) in [4.78, 5) is 8.69. The van der Waals surface area contributed by atoms with Gasteiger partial charge < -0.3 is 10.1 Å². The molecule has 0 amide bonds. The van der Waals surface area contributed by atoms with E-state index in [0.29, 0.717) is 11.9 Å². The van der Waals surface area contributed by atoms with Crippen molar-refractivity contribution in [1.82, 2.24) is 9.97 Å². The van der Waals surface area contributed by atoms with Crippen LogP contribution in [0.5, 0.6) is 5.88 Å². The summed E-state index contributed by atoms with van der Waals surface area (Å²) < 4.78 is 5.21. The Bertz CT molecular complexity index is 402. The number of ether oxygens (including phenoxy) is 1. The average molecular weight is 263 g/mol. The number of nitrogens with one attached hydrogen (secondary N) is 1. The van der Waals surface area contributed by atoms with Crippen molar-refractivity contribution in [1.29, 1.82) is 0 Å². The molecule has 1 N–H and O–H groups in total. The normalized spacial score (nSPS) is 18.1. The third-order valence-corrected chi connectivity index (χ3v) is 4.02. The fourth-order valence-corrected chi connectivity index (χ4v) is 3.00. The molecular formula is C15H25N3O. The van der Waals surface area contributed by atoms with Crippen LogP contribution >= 0.6 is 0 Å². The summed E-state index contributed by atoms with van der Waals surface area (Å²) in [6, 6.07) is 2.40. The van der Waals surface area contributed by atoms with Crippen molar-refractivity contribution in [3.8, 4) is 5.88 Å². The molecule has 0 saturated heterocycles. The highest BCUT2D eigenvalue weighted by Gasteiger charge is 2.22. The molecule has 2 rings (SSSR count). The number of methoxy groups -OCH3 is 1. The molecule has 0 aliphatic heterocycles. The monoisotopic (exact) mass is 263 g/mol. The van der Waals surface area contributed by atoms with E-state index in [0.717, 1.165) is 24.0 Å². The summed E-state index contributed by atoms with van der Waals surface area (Å²) in [6.07, 6.45) is 7.95. The Kier molecular flexibility index (Phi) is 5.00. The van der Waals surface area contributed by atoms with Gasteiger partial charge in [0.1, 0.15) is 11.6 Å². The van der Waals surface area contributed by atoms with E-state index >= 15 is 0 Å². The Morgan fingerprint density at radius 3 is 2.68 bits per heavy atom. The lowest BCUT2D eigenvalue weighted by Gasteiger charge is -2.30. The zero-order chi connectivity index (χ0) is 13.7. The van der Waals surface area contributed by atoms with Crippen LogP contribution in [-0.4, -0.2) is 23.1 Å². The third kappa shape index (κ3) is 3.82. The van der Waals surface area contributed by atoms with Crippen LogP contribution in [-0.2, 0) is 0 Å². The first-order chi connectivity index (χ1) is 9.22. The van der Waals surface area contributed by atoms with Crippen molar-refractivity contribution in [3.63, 3.8) is 0 Å². The maximum Gasteiger partial charge on any atom is 0.218 e. The molecule has 1 fully saturated rings. The van der Waals surface area contributed by atoms with Gasteiger partial charge in [-0.2, -0.15) is 4.98 Å². The van der Waals surface area contributed by atoms with Crippen LogP contribution < -0.4 is 10.1 Å². The molecule has 0 aromatic carbocycles. The summed E-state index contributed by atoms with van der Waals surface area (Å²) in [6.45, 7) is 4.15. The minimum atomic E-state index is 0.513. The van der Waals surface area contributed by atoms with Gasteiger partial charge in [-0.05, 0) is 32.1 Å². The molecule has 19 heavy (non-hydrogen) atoms. The lowest BCUT2D eigenvalue weighted by Crippen LogP contribution is -2.30. The number of aryl methyl sites for hydroxylation is 1. The van der Waals surface area contributed by atoms with E-state index in [4.69, 9.17) is 4.74 Å². The molecule has 0 bridgehead atoms. The zero-order valence-corrected chi connectivity index (χ0v) is 12.3. The van der Waals surface area contributed by atoms with Gasteiger partial charge in [0.05, 0.1) is 7.11 Å². The molecule has 1 aromatic heterocycles. The summed E-state index contributed by atoms with van der Waals surface area (Å²) in [7, 11) is 1.64. The first kappa shape index (κ1) is 14.1. The van der Waals surface area contributed by atoms with Crippen LogP contribution in [0, 0.1) is 12.8 Å². The van der Waals surface area contributed by atoms with Crippen LogP contribution in [0.25, 0.3) is 0 Å². The summed E-state index contributed by atoms with van der Waals surface area (Å²) in [5.41, 5.74) is 0. The largest absolute Gasteiger partial charge is 0.481 e. The number of anilines is 1. The Hall–Kier alpha value is -1.32. The second-order valence-corrected chi connectivity index (χ2v) is 5.40. The quantitative estimate of drug-likeness (QED) is 0.882. The second kappa shape index (κ2) is 6.73. The zero-order valence-electron chi connectivity index (χ0n) is 12.3. The summed E-state index contributed by atoms with van der Waals surface area (Å²) in [5.74, 6) is 3.05. The molecule has 4 heteroatoms. The Labute approximate surface area is 116 Å². The molecule has 1 unspecified atom stereocenters. The van der Waals surface area contributed by atoms with Gasteiger partial charge in [0.25, 0.3) is 0 Å². The first-order valence-corrected chi connectivity index (χ1v) is 7.39. The molecule has 1 aromatic rings. The van der Waals surface area contributed by atoms with Crippen molar-refractivity contribution in [2.24, 2.45) is 5.92 Å². The minimum absolute atomic E-state index is 0.513. The van der Waals surface area contributed by atoms with Crippen molar-refractivity contribution in [2.75, 3.05) is 12.4 Å². The molecule has 0 spiro atoms. The van der Waals surface area contributed by atoms with Gasteiger partial charge in [-0.1, -0.05) is 26.2 Å². The fraction of sp³-hybridized carbons (Fsp3) is 0.733. The van der Waals surface area contributed by atoms with Crippen molar-refractivity contribution < 1.29 is 4.74 Å². The van der Waals surface area contributed by atoms with Crippen molar-refractivity contribution in [2.45, 2.75) is 58.4 Å². The number of hydrogen-bond donors (Lipinski definition) is 1. The lowest BCUT2D eigenvalue weighted by molar-refractivity contribution is 0.312. The van der Waals surface area contributed by atoms with Crippen LogP contribution in [0.4, 0.5) is 5.82 Å². The van der Waals surface area contributed by atoms with Crippen molar-refractivity contribution >= 4 is 5.82 Å². The Morgan fingerprint density at radius 1 is 1.32 bits per heavy atom. The molecule has 1 saturated carbocycles. The van der Waals surface area contributed by atoms with Gasteiger partial charge in [0.2, 0.25) is 5.88 Å². The van der Waals surface area contributed by atoms with E-state index in [9.17, 15) is 0 Å². The van der Waals surface area contributed by atoms with Crippen molar-refractivity contribution in [3.05, 3.63) is 11.9 Å². The topological polar surface area (TPSA) is 47.0 Å². The molecular weight excluding hydrogens is 238 g/mol. The van der Waals surface area contributed by atoms with Crippen LogP contribution in [0.1, 0.15) is 51.3 Å². The predicted molar refractivity (Wildman–Crippen MR) is 77.6 cm³/mol. The molecule has 4 nitrogen and oxygen atoms in total. The van der Waals surface area contributed by atoms with Crippen LogP contribution in [0.2, 0.25) is 0 Å². The molecule has 1 heterocycles. The van der Waals surface area contributed by atoms with E-state index in [1.165, 1.54) is 32.1 Å². The number of hydrogen-bond acceptors (Lipinski definition) is 4. The lowest BCUT2D eigenvalue weighted by atomic mass is 9.83. The number of aromatic nitrogens is 2. The smallest absolute Gasteiger partial charge is 0.218 e. The second-order valence-electron chi connectivity index (χ2n) is 5.40. The number of rotatable bonds is 5. The van der Waals surface area contributed by atoms with Crippen LogP contribution in [0.3, 0.4) is 0 Å². The van der Waals surface area contributed by atoms with E-state index in [2.05, 4.69) is 22.2 Å². The predicted octanol–water partition coefficient (Wildman–Crippen LogP) is 3.56. The Balaban J connectivity index is 2.06. The number of nitrogens with zero attached hydrogens (tertiary/aromatic N) is 2. The Morgan fingerprint density at radius 2 is 2.05 bits per heavy atom. The standard InChI is InChI=1S/C15H25N3O/c1-4-13(12-8-6-5-7-9-12)18-14-10-15(19-3)17-11(2)16-14/h10,12-13H,4-9H2,1-3H3,(H,16,17,18). The SMILES string of the molecule is CCC(Nc1cc(OC)nc(C)n1)C1CCCCC1. The van der Waals surface area contributed by atoms with Gasteiger partial charge in [-0.15, -0.1) is 0 Å². The average Bonchev–Trinajstić information content (AvgIpc) is 2.45. The highest BCUT2D eigenvalue weighted by molar-refractivity contribution is 5.39. The van der Waals surface area contributed by atoms with Gasteiger partial charge >= 0.3 is 0 Å². The maximum absolute atomic E-state index is 5.21. The van der Waals surface area contributed by atoms with E-state index in [1.807, 2.05) is 13.0 Å².